The van der Waals surface area contributed by atoms with Gasteiger partial charge in [0.1, 0.15) is 0 Å². The Morgan fingerprint density at radius 1 is 1.00 bits per heavy atom. The Hall–Kier alpha value is -1.60. The second-order valence-corrected chi connectivity index (χ2v) is 5.63. The van der Waals surface area contributed by atoms with Crippen LogP contribution in [0.15, 0.2) is 42.5 Å². The molecule has 1 fully saturated rings. The lowest BCUT2D eigenvalue weighted by Gasteiger charge is -2.11. The molecule has 1 N–H and O–H groups in total. The minimum absolute atomic E-state index is 0.702. The van der Waals surface area contributed by atoms with E-state index in [1.807, 2.05) is 0 Å². The second kappa shape index (κ2) is 5.18. The smallest absolute Gasteiger partial charge is 0.00206 e. The van der Waals surface area contributed by atoms with E-state index in [1.165, 1.54) is 34.2 Å². The third-order valence-electron chi connectivity index (χ3n) is 4.14. The van der Waals surface area contributed by atoms with Crippen molar-refractivity contribution in [2.45, 2.75) is 26.2 Å². The highest BCUT2D eigenvalue weighted by atomic mass is 14.9. The van der Waals surface area contributed by atoms with Gasteiger partial charge in [0.2, 0.25) is 0 Å². The Bertz CT molecular complexity index is 563. The molecule has 1 unspecified atom stereocenters. The zero-order valence-corrected chi connectivity index (χ0v) is 11.7. The molecule has 1 atom stereocenters. The van der Waals surface area contributed by atoms with E-state index in [0.717, 1.165) is 13.1 Å². The van der Waals surface area contributed by atoms with Gasteiger partial charge in [-0.2, -0.15) is 0 Å². The molecule has 1 heterocycles. The molecule has 0 radical (unpaired) electrons. The van der Waals surface area contributed by atoms with Crippen LogP contribution in [0.2, 0.25) is 0 Å². The molecule has 1 aliphatic heterocycles. The number of rotatable bonds is 2. The lowest BCUT2D eigenvalue weighted by atomic mass is 9.94. The van der Waals surface area contributed by atoms with Gasteiger partial charge < -0.3 is 5.32 Å². The van der Waals surface area contributed by atoms with Gasteiger partial charge in [0.25, 0.3) is 0 Å². The Balaban J connectivity index is 1.89. The van der Waals surface area contributed by atoms with Crippen molar-refractivity contribution in [2.24, 2.45) is 0 Å². The standard InChI is InChI=1S/C18H21N/c1-13-3-8-18(14(2)11-13)16-6-4-15(5-7-16)17-9-10-19-12-17/h3-8,11,17,19H,9-10,12H2,1-2H3. The highest BCUT2D eigenvalue weighted by Crippen LogP contribution is 2.28. The van der Waals surface area contributed by atoms with Crippen molar-refractivity contribution in [1.82, 2.24) is 5.32 Å². The molecule has 1 nitrogen and oxygen atoms in total. The molecule has 0 saturated carbocycles. The Morgan fingerprint density at radius 3 is 2.42 bits per heavy atom. The van der Waals surface area contributed by atoms with Gasteiger partial charge in [-0.25, -0.2) is 0 Å². The first-order valence-corrected chi connectivity index (χ1v) is 7.12. The first-order chi connectivity index (χ1) is 9.24. The fourth-order valence-corrected chi connectivity index (χ4v) is 3.01. The van der Waals surface area contributed by atoms with E-state index < -0.39 is 0 Å². The number of hydrogen-bond donors (Lipinski definition) is 1. The normalized spacial score (nSPS) is 18.7. The van der Waals surface area contributed by atoms with Crippen LogP contribution in [0.1, 0.15) is 29.0 Å². The van der Waals surface area contributed by atoms with Crippen molar-refractivity contribution in [1.29, 1.82) is 0 Å². The van der Waals surface area contributed by atoms with Crippen molar-refractivity contribution in [2.75, 3.05) is 13.1 Å². The molecule has 0 aromatic heterocycles. The molecule has 0 amide bonds. The number of benzene rings is 2. The van der Waals surface area contributed by atoms with Gasteiger partial charge in [-0.1, -0.05) is 48.0 Å². The number of hydrogen-bond acceptors (Lipinski definition) is 1. The third kappa shape index (κ3) is 2.57. The van der Waals surface area contributed by atoms with Crippen molar-refractivity contribution >= 4 is 0 Å². The Kier molecular flexibility index (Phi) is 3.39. The van der Waals surface area contributed by atoms with Gasteiger partial charge in [-0.05, 0) is 55.0 Å². The van der Waals surface area contributed by atoms with E-state index in [2.05, 4.69) is 61.6 Å². The van der Waals surface area contributed by atoms with E-state index in [1.54, 1.807) is 0 Å². The summed E-state index contributed by atoms with van der Waals surface area (Å²) >= 11 is 0. The highest BCUT2D eigenvalue weighted by molar-refractivity contribution is 5.67. The van der Waals surface area contributed by atoms with Crippen LogP contribution in [0, 0.1) is 13.8 Å². The first-order valence-electron chi connectivity index (χ1n) is 7.12. The van der Waals surface area contributed by atoms with Crippen LogP contribution in [0.3, 0.4) is 0 Å². The first kappa shape index (κ1) is 12.4. The molecule has 0 bridgehead atoms. The van der Waals surface area contributed by atoms with E-state index in [0.29, 0.717) is 5.92 Å². The SMILES string of the molecule is Cc1ccc(-c2ccc(C3CCNC3)cc2)c(C)c1. The Labute approximate surface area is 115 Å². The van der Waals surface area contributed by atoms with E-state index in [9.17, 15) is 0 Å². The average molecular weight is 251 g/mol. The van der Waals surface area contributed by atoms with Crippen LogP contribution in [0.25, 0.3) is 11.1 Å². The summed E-state index contributed by atoms with van der Waals surface area (Å²) in [6.07, 6.45) is 1.27. The van der Waals surface area contributed by atoms with Crippen molar-refractivity contribution in [3.05, 3.63) is 59.2 Å². The second-order valence-electron chi connectivity index (χ2n) is 5.63. The zero-order chi connectivity index (χ0) is 13.2. The summed E-state index contributed by atoms with van der Waals surface area (Å²) in [6.45, 7) is 6.62. The van der Waals surface area contributed by atoms with Crippen LogP contribution in [0.5, 0.6) is 0 Å². The van der Waals surface area contributed by atoms with Crippen molar-refractivity contribution < 1.29 is 0 Å². The van der Waals surface area contributed by atoms with Gasteiger partial charge >= 0.3 is 0 Å². The summed E-state index contributed by atoms with van der Waals surface area (Å²) < 4.78 is 0. The van der Waals surface area contributed by atoms with Gasteiger partial charge in [-0.3, -0.25) is 0 Å². The van der Waals surface area contributed by atoms with Crippen LogP contribution < -0.4 is 5.32 Å². The summed E-state index contributed by atoms with van der Waals surface area (Å²) in [6, 6.07) is 15.8. The number of nitrogens with one attached hydrogen (secondary N) is 1. The summed E-state index contributed by atoms with van der Waals surface area (Å²) in [5, 5.41) is 3.43. The molecule has 1 aliphatic rings. The van der Waals surface area contributed by atoms with E-state index in [4.69, 9.17) is 0 Å². The molecule has 0 aliphatic carbocycles. The van der Waals surface area contributed by atoms with E-state index in [-0.39, 0.29) is 0 Å². The molecular formula is C18H21N. The number of aryl methyl sites for hydroxylation is 2. The summed E-state index contributed by atoms with van der Waals surface area (Å²) in [7, 11) is 0. The van der Waals surface area contributed by atoms with Crippen LogP contribution >= 0.6 is 0 Å². The summed E-state index contributed by atoms with van der Waals surface area (Å²) in [5.41, 5.74) is 6.83. The molecule has 98 valence electrons. The van der Waals surface area contributed by atoms with Gasteiger partial charge in [-0.15, -0.1) is 0 Å². The predicted molar refractivity (Wildman–Crippen MR) is 81.6 cm³/mol. The minimum Gasteiger partial charge on any atom is -0.316 e. The fourth-order valence-electron chi connectivity index (χ4n) is 3.01. The molecule has 1 heteroatoms. The largest absolute Gasteiger partial charge is 0.316 e. The molecular weight excluding hydrogens is 230 g/mol. The topological polar surface area (TPSA) is 12.0 Å². The van der Waals surface area contributed by atoms with E-state index >= 15 is 0 Å². The molecule has 1 saturated heterocycles. The van der Waals surface area contributed by atoms with Gasteiger partial charge in [0.05, 0.1) is 0 Å². The monoisotopic (exact) mass is 251 g/mol. The minimum atomic E-state index is 0.702. The summed E-state index contributed by atoms with van der Waals surface area (Å²) in [5.74, 6) is 0.702. The molecule has 0 spiro atoms. The van der Waals surface area contributed by atoms with Crippen LogP contribution in [0.4, 0.5) is 0 Å². The lowest BCUT2D eigenvalue weighted by molar-refractivity contribution is 0.763. The maximum absolute atomic E-state index is 3.43. The average Bonchev–Trinajstić information content (AvgIpc) is 2.93. The summed E-state index contributed by atoms with van der Waals surface area (Å²) in [4.78, 5) is 0. The molecule has 3 rings (SSSR count). The predicted octanol–water partition coefficient (Wildman–Crippen LogP) is 4.05. The molecule has 19 heavy (non-hydrogen) atoms. The highest BCUT2D eigenvalue weighted by Gasteiger charge is 2.16. The fraction of sp³-hybridized carbons (Fsp3) is 0.333. The molecule has 2 aromatic rings. The zero-order valence-electron chi connectivity index (χ0n) is 11.7. The lowest BCUT2D eigenvalue weighted by Crippen LogP contribution is -2.07. The quantitative estimate of drug-likeness (QED) is 0.849. The molecule has 2 aromatic carbocycles. The van der Waals surface area contributed by atoms with Crippen molar-refractivity contribution in [3.63, 3.8) is 0 Å². The Morgan fingerprint density at radius 2 is 1.79 bits per heavy atom. The van der Waals surface area contributed by atoms with Crippen LogP contribution in [-0.2, 0) is 0 Å². The van der Waals surface area contributed by atoms with Gasteiger partial charge in [0.15, 0.2) is 0 Å². The van der Waals surface area contributed by atoms with Crippen molar-refractivity contribution in [3.8, 4) is 11.1 Å². The third-order valence-corrected chi connectivity index (χ3v) is 4.14. The maximum atomic E-state index is 3.43. The van der Waals surface area contributed by atoms with Gasteiger partial charge in [0, 0.05) is 6.54 Å². The maximum Gasteiger partial charge on any atom is 0.00206 e. The van der Waals surface area contributed by atoms with Crippen LogP contribution in [-0.4, -0.2) is 13.1 Å².